The van der Waals surface area contributed by atoms with Gasteiger partial charge in [-0.3, -0.25) is 4.79 Å². The van der Waals surface area contributed by atoms with E-state index in [-0.39, 0.29) is 11.8 Å². The Balaban J connectivity index is 1.45. The maximum absolute atomic E-state index is 12.5. The Kier molecular flexibility index (Phi) is 4.34. The number of benzene rings is 2. The quantitative estimate of drug-likeness (QED) is 0.702. The van der Waals surface area contributed by atoms with E-state index in [1.807, 2.05) is 24.3 Å². The van der Waals surface area contributed by atoms with E-state index in [1.165, 1.54) is 0 Å². The summed E-state index contributed by atoms with van der Waals surface area (Å²) < 4.78 is 10.7. The van der Waals surface area contributed by atoms with Crippen LogP contribution in [0.25, 0.3) is 11.4 Å². The number of halogens is 1. The summed E-state index contributed by atoms with van der Waals surface area (Å²) in [5, 5.41) is 4.60. The fourth-order valence-electron chi connectivity index (χ4n) is 2.94. The van der Waals surface area contributed by atoms with Crippen molar-refractivity contribution in [3.8, 4) is 17.1 Å². The predicted molar refractivity (Wildman–Crippen MR) is 96.4 cm³/mol. The fourth-order valence-corrected chi connectivity index (χ4v) is 3.13. The molecule has 132 valence electrons. The molecule has 0 bridgehead atoms. The minimum absolute atomic E-state index is 0.0362. The molecule has 2 aromatic carbocycles. The van der Waals surface area contributed by atoms with Crippen LogP contribution in [0.15, 0.2) is 53.1 Å². The molecule has 4 rings (SSSR count). The molecule has 7 heteroatoms. The molecule has 0 saturated carbocycles. The number of rotatable bonds is 4. The molecule has 1 fully saturated rings. The van der Waals surface area contributed by atoms with E-state index >= 15 is 0 Å². The smallest absolute Gasteiger partial charge is 0.253 e. The van der Waals surface area contributed by atoms with Crippen LogP contribution in [0.2, 0.25) is 5.02 Å². The summed E-state index contributed by atoms with van der Waals surface area (Å²) in [5.41, 5.74) is 1.35. The maximum Gasteiger partial charge on any atom is 0.253 e. The van der Waals surface area contributed by atoms with E-state index in [1.54, 1.807) is 36.3 Å². The number of methoxy groups -OCH3 is 1. The van der Waals surface area contributed by atoms with Crippen molar-refractivity contribution in [3.63, 3.8) is 0 Å². The Morgan fingerprint density at radius 2 is 2.04 bits per heavy atom. The molecule has 0 radical (unpaired) electrons. The zero-order valence-corrected chi connectivity index (χ0v) is 14.8. The average Bonchev–Trinajstić information content (AvgIpc) is 3.09. The average molecular weight is 370 g/mol. The molecule has 1 saturated heterocycles. The number of hydrogen-bond donors (Lipinski definition) is 0. The van der Waals surface area contributed by atoms with Crippen molar-refractivity contribution >= 4 is 17.5 Å². The molecule has 1 aliphatic heterocycles. The molecule has 6 nitrogen and oxygen atoms in total. The van der Waals surface area contributed by atoms with E-state index in [0.29, 0.717) is 41.1 Å². The molecule has 1 aromatic heterocycles. The zero-order chi connectivity index (χ0) is 18.1. The molecule has 26 heavy (non-hydrogen) atoms. The second-order valence-corrected chi connectivity index (χ2v) is 6.51. The van der Waals surface area contributed by atoms with Crippen molar-refractivity contribution in [3.05, 3.63) is 65.0 Å². The number of carbonyl (C=O) groups excluding carboxylic acids is 1. The van der Waals surface area contributed by atoms with Gasteiger partial charge in [-0.05, 0) is 30.3 Å². The summed E-state index contributed by atoms with van der Waals surface area (Å²) in [7, 11) is 1.60. The third-order valence-electron chi connectivity index (χ3n) is 4.38. The van der Waals surface area contributed by atoms with Gasteiger partial charge in [-0.15, -0.1) is 0 Å². The van der Waals surface area contributed by atoms with Gasteiger partial charge in [0.15, 0.2) is 0 Å². The van der Waals surface area contributed by atoms with Gasteiger partial charge in [-0.2, -0.15) is 4.98 Å². The minimum Gasteiger partial charge on any atom is -0.496 e. The Morgan fingerprint density at radius 1 is 1.23 bits per heavy atom. The minimum atomic E-state index is -0.0479. The number of hydrogen-bond acceptors (Lipinski definition) is 5. The van der Waals surface area contributed by atoms with Gasteiger partial charge in [-0.1, -0.05) is 35.0 Å². The molecule has 1 amide bonds. The lowest BCUT2D eigenvalue weighted by atomic mass is 9.98. The van der Waals surface area contributed by atoms with E-state index in [9.17, 15) is 4.79 Å². The van der Waals surface area contributed by atoms with Crippen molar-refractivity contribution in [1.29, 1.82) is 0 Å². The van der Waals surface area contributed by atoms with Crippen LogP contribution in [0, 0.1) is 0 Å². The molecule has 0 unspecified atom stereocenters. The molecular formula is C19H16ClN3O3. The van der Waals surface area contributed by atoms with E-state index in [4.69, 9.17) is 20.9 Å². The first kappa shape index (κ1) is 16.6. The number of amides is 1. The first-order valence-electron chi connectivity index (χ1n) is 8.17. The van der Waals surface area contributed by atoms with Crippen LogP contribution in [-0.4, -0.2) is 41.1 Å². The van der Waals surface area contributed by atoms with Gasteiger partial charge in [0.25, 0.3) is 5.91 Å². The largest absolute Gasteiger partial charge is 0.496 e. The summed E-state index contributed by atoms with van der Waals surface area (Å²) in [5.74, 6) is 1.69. The number of ether oxygens (including phenoxy) is 1. The monoisotopic (exact) mass is 369 g/mol. The highest BCUT2D eigenvalue weighted by Gasteiger charge is 2.36. The Morgan fingerprint density at radius 3 is 2.81 bits per heavy atom. The van der Waals surface area contributed by atoms with Crippen LogP contribution >= 0.6 is 11.6 Å². The molecule has 0 atom stereocenters. The first-order chi connectivity index (χ1) is 12.7. The first-order valence-corrected chi connectivity index (χ1v) is 8.55. The number of nitrogens with zero attached hydrogens (tertiary/aromatic N) is 3. The van der Waals surface area contributed by atoms with E-state index in [0.717, 1.165) is 5.56 Å². The van der Waals surface area contributed by atoms with E-state index in [2.05, 4.69) is 10.1 Å². The Hall–Kier alpha value is -2.86. The lowest BCUT2D eigenvalue weighted by Gasteiger charge is -2.37. The van der Waals surface area contributed by atoms with Crippen LogP contribution < -0.4 is 4.74 Å². The topological polar surface area (TPSA) is 68.5 Å². The van der Waals surface area contributed by atoms with Gasteiger partial charge < -0.3 is 14.2 Å². The van der Waals surface area contributed by atoms with Gasteiger partial charge >= 0.3 is 0 Å². The number of para-hydroxylation sites is 1. The second kappa shape index (κ2) is 6.80. The summed E-state index contributed by atoms with van der Waals surface area (Å²) in [6.07, 6.45) is 0. The Labute approximate surface area is 155 Å². The van der Waals surface area contributed by atoms with Crippen molar-refractivity contribution in [2.24, 2.45) is 0 Å². The summed E-state index contributed by atoms with van der Waals surface area (Å²) in [6, 6.07) is 14.4. The summed E-state index contributed by atoms with van der Waals surface area (Å²) in [4.78, 5) is 18.7. The number of aromatic nitrogens is 2. The molecular weight excluding hydrogens is 354 g/mol. The van der Waals surface area contributed by atoms with Gasteiger partial charge in [0.2, 0.25) is 11.7 Å². The molecule has 0 N–H and O–H groups in total. The number of likely N-dealkylation sites (tertiary alicyclic amines) is 1. The standard InChI is InChI=1S/C19H16ClN3O3/c1-25-16-8-3-2-7-15(16)17-21-18(26-22-17)13-10-23(11-13)19(24)12-5-4-6-14(20)9-12/h2-9,13H,10-11H2,1H3. The van der Waals surface area contributed by atoms with E-state index < -0.39 is 0 Å². The van der Waals surface area contributed by atoms with Crippen LogP contribution in [0.3, 0.4) is 0 Å². The molecule has 3 aromatic rings. The van der Waals surface area contributed by atoms with Crippen LogP contribution in [0.5, 0.6) is 5.75 Å². The zero-order valence-electron chi connectivity index (χ0n) is 14.1. The number of carbonyl (C=O) groups is 1. The molecule has 0 spiro atoms. The van der Waals surface area contributed by atoms with Crippen molar-refractivity contribution in [1.82, 2.24) is 15.0 Å². The van der Waals surface area contributed by atoms with Gasteiger partial charge in [-0.25, -0.2) is 0 Å². The molecule has 1 aliphatic rings. The van der Waals surface area contributed by atoms with Gasteiger partial charge in [0.05, 0.1) is 18.6 Å². The summed E-state index contributed by atoms with van der Waals surface area (Å²) >= 11 is 5.95. The predicted octanol–water partition coefficient (Wildman–Crippen LogP) is 3.64. The van der Waals surface area contributed by atoms with Gasteiger partial charge in [0, 0.05) is 23.7 Å². The normalized spacial score (nSPS) is 14.2. The van der Waals surface area contributed by atoms with Crippen LogP contribution in [-0.2, 0) is 0 Å². The van der Waals surface area contributed by atoms with Crippen molar-refractivity contribution < 1.29 is 14.1 Å². The molecule has 0 aliphatic carbocycles. The van der Waals surface area contributed by atoms with Crippen molar-refractivity contribution in [2.75, 3.05) is 20.2 Å². The fraction of sp³-hybridized carbons (Fsp3) is 0.211. The lowest BCUT2D eigenvalue weighted by Crippen LogP contribution is -2.48. The summed E-state index contributed by atoms with van der Waals surface area (Å²) in [6.45, 7) is 1.08. The second-order valence-electron chi connectivity index (χ2n) is 6.07. The third kappa shape index (κ3) is 3.04. The van der Waals surface area contributed by atoms with Crippen LogP contribution in [0.1, 0.15) is 22.2 Å². The Bertz CT molecular complexity index is 950. The van der Waals surface area contributed by atoms with Crippen molar-refractivity contribution in [2.45, 2.75) is 5.92 Å². The van der Waals surface area contributed by atoms with Crippen LogP contribution in [0.4, 0.5) is 0 Å². The SMILES string of the molecule is COc1ccccc1-c1noc(C2CN(C(=O)c3cccc(Cl)c3)C2)n1. The maximum atomic E-state index is 12.5. The van der Waals surface area contributed by atoms with Gasteiger partial charge in [0.1, 0.15) is 5.75 Å². The highest BCUT2D eigenvalue weighted by Crippen LogP contribution is 2.31. The molecule has 2 heterocycles. The highest BCUT2D eigenvalue weighted by molar-refractivity contribution is 6.30. The highest BCUT2D eigenvalue weighted by atomic mass is 35.5. The lowest BCUT2D eigenvalue weighted by molar-refractivity contribution is 0.0569. The third-order valence-corrected chi connectivity index (χ3v) is 4.61.